The summed E-state index contributed by atoms with van der Waals surface area (Å²) in [5.41, 5.74) is 0. The highest BCUT2D eigenvalue weighted by atomic mass is 16.5. The van der Waals surface area contributed by atoms with Gasteiger partial charge in [0.15, 0.2) is 0 Å². The van der Waals surface area contributed by atoms with Crippen LogP contribution in [-0.2, 0) is 9.53 Å². The molecule has 17 heavy (non-hydrogen) atoms. The quantitative estimate of drug-likeness (QED) is 0.712. The molecule has 5 heteroatoms. The fourth-order valence-electron chi connectivity index (χ4n) is 1.29. The maximum absolute atomic E-state index is 11.8. The Balaban J connectivity index is 4.02. The lowest BCUT2D eigenvalue weighted by molar-refractivity contribution is -0.133. The van der Waals surface area contributed by atoms with Gasteiger partial charge >= 0.3 is 6.09 Å². The van der Waals surface area contributed by atoms with Gasteiger partial charge in [-0.25, -0.2) is 4.79 Å². The van der Waals surface area contributed by atoms with Crippen LogP contribution in [0.4, 0.5) is 4.79 Å². The van der Waals surface area contributed by atoms with E-state index in [1.54, 1.807) is 25.9 Å². The standard InChI is InChI=1S/C12H24N2O3/c1-6-10(3)11(15)13(4)8-9-14(5)12(16)17-7-2/h10H,6-9H2,1-5H3. The average molecular weight is 244 g/mol. The van der Waals surface area contributed by atoms with Crippen LogP contribution in [0.25, 0.3) is 0 Å². The van der Waals surface area contributed by atoms with Gasteiger partial charge in [0.1, 0.15) is 0 Å². The number of hydrogen-bond acceptors (Lipinski definition) is 3. The van der Waals surface area contributed by atoms with Gasteiger partial charge < -0.3 is 14.5 Å². The maximum atomic E-state index is 11.8. The Bertz CT molecular complexity index is 256. The van der Waals surface area contributed by atoms with E-state index in [1.165, 1.54) is 4.90 Å². The molecule has 1 atom stereocenters. The van der Waals surface area contributed by atoms with Crippen molar-refractivity contribution in [1.82, 2.24) is 9.80 Å². The fraction of sp³-hybridized carbons (Fsp3) is 0.833. The molecule has 0 saturated carbocycles. The summed E-state index contributed by atoms with van der Waals surface area (Å²) in [5.74, 6) is 0.151. The molecule has 2 amide bonds. The predicted octanol–water partition coefficient (Wildman–Crippen LogP) is 1.58. The number of likely N-dealkylation sites (N-methyl/N-ethyl adjacent to an activating group) is 2. The highest BCUT2D eigenvalue weighted by Crippen LogP contribution is 2.05. The molecule has 0 N–H and O–H groups in total. The lowest BCUT2D eigenvalue weighted by Gasteiger charge is -2.23. The Morgan fingerprint density at radius 2 is 1.65 bits per heavy atom. The first-order chi connectivity index (χ1) is 7.93. The van der Waals surface area contributed by atoms with E-state index in [1.807, 2.05) is 13.8 Å². The zero-order chi connectivity index (χ0) is 13.4. The molecule has 0 saturated heterocycles. The van der Waals surface area contributed by atoms with Crippen molar-refractivity contribution < 1.29 is 14.3 Å². The first kappa shape index (κ1) is 15.7. The first-order valence-corrected chi connectivity index (χ1v) is 6.06. The van der Waals surface area contributed by atoms with Gasteiger partial charge in [0.25, 0.3) is 0 Å². The van der Waals surface area contributed by atoms with Crippen LogP contribution in [0.15, 0.2) is 0 Å². The van der Waals surface area contributed by atoms with Gasteiger partial charge in [-0.1, -0.05) is 13.8 Å². The summed E-state index contributed by atoms with van der Waals surface area (Å²) in [6, 6.07) is 0. The summed E-state index contributed by atoms with van der Waals surface area (Å²) >= 11 is 0. The Morgan fingerprint density at radius 3 is 2.12 bits per heavy atom. The Labute approximate surface area is 104 Å². The molecule has 0 spiro atoms. The van der Waals surface area contributed by atoms with Crippen LogP contribution >= 0.6 is 0 Å². The summed E-state index contributed by atoms with van der Waals surface area (Å²) in [7, 11) is 3.42. The molecule has 1 unspecified atom stereocenters. The monoisotopic (exact) mass is 244 g/mol. The molecular weight excluding hydrogens is 220 g/mol. The van der Waals surface area contributed by atoms with Crippen molar-refractivity contribution in [2.45, 2.75) is 27.2 Å². The molecule has 0 heterocycles. The van der Waals surface area contributed by atoms with E-state index in [0.29, 0.717) is 19.7 Å². The number of hydrogen-bond donors (Lipinski definition) is 0. The van der Waals surface area contributed by atoms with Gasteiger partial charge in [-0.3, -0.25) is 4.79 Å². The summed E-state index contributed by atoms with van der Waals surface area (Å²) in [5, 5.41) is 0. The van der Waals surface area contributed by atoms with Crippen molar-refractivity contribution in [3.05, 3.63) is 0 Å². The molecule has 0 aromatic heterocycles. The Kier molecular flexibility index (Phi) is 7.34. The first-order valence-electron chi connectivity index (χ1n) is 6.06. The van der Waals surface area contributed by atoms with Crippen LogP contribution in [0.5, 0.6) is 0 Å². The van der Waals surface area contributed by atoms with Crippen molar-refractivity contribution in [3.63, 3.8) is 0 Å². The molecule has 0 radical (unpaired) electrons. The van der Waals surface area contributed by atoms with Crippen molar-refractivity contribution >= 4 is 12.0 Å². The third-order valence-electron chi connectivity index (χ3n) is 2.76. The van der Waals surface area contributed by atoms with Gasteiger partial charge in [0.05, 0.1) is 6.61 Å². The molecule has 0 aliphatic carbocycles. The van der Waals surface area contributed by atoms with Crippen LogP contribution in [0.2, 0.25) is 0 Å². The molecule has 0 bridgehead atoms. The number of amides is 2. The van der Waals surface area contributed by atoms with Crippen molar-refractivity contribution in [2.24, 2.45) is 5.92 Å². The summed E-state index contributed by atoms with van der Waals surface area (Å²) in [6.07, 6.45) is 0.480. The fourth-order valence-corrected chi connectivity index (χ4v) is 1.29. The zero-order valence-corrected chi connectivity index (χ0v) is 11.5. The highest BCUT2D eigenvalue weighted by Gasteiger charge is 2.17. The van der Waals surface area contributed by atoms with E-state index >= 15 is 0 Å². The zero-order valence-electron chi connectivity index (χ0n) is 11.5. The molecule has 5 nitrogen and oxygen atoms in total. The van der Waals surface area contributed by atoms with E-state index in [9.17, 15) is 9.59 Å². The summed E-state index contributed by atoms with van der Waals surface area (Å²) in [4.78, 5) is 26.2. The smallest absolute Gasteiger partial charge is 0.409 e. The second-order valence-electron chi connectivity index (χ2n) is 4.19. The Hall–Kier alpha value is -1.26. The van der Waals surface area contributed by atoms with Crippen LogP contribution < -0.4 is 0 Å². The lowest BCUT2D eigenvalue weighted by atomic mass is 10.1. The van der Waals surface area contributed by atoms with Gasteiger partial charge in [0, 0.05) is 33.1 Å². The molecule has 0 fully saturated rings. The average Bonchev–Trinajstić information content (AvgIpc) is 2.33. The van der Waals surface area contributed by atoms with Gasteiger partial charge in [-0.15, -0.1) is 0 Å². The number of rotatable bonds is 6. The van der Waals surface area contributed by atoms with Crippen molar-refractivity contribution in [2.75, 3.05) is 33.8 Å². The third kappa shape index (κ3) is 5.56. The molecular formula is C12H24N2O3. The number of carbonyl (C=O) groups excluding carboxylic acids is 2. The highest BCUT2D eigenvalue weighted by molar-refractivity contribution is 5.78. The van der Waals surface area contributed by atoms with Gasteiger partial charge in [-0.05, 0) is 13.3 Å². The second-order valence-corrected chi connectivity index (χ2v) is 4.19. The molecule has 0 rings (SSSR count). The van der Waals surface area contributed by atoms with Crippen molar-refractivity contribution in [1.29, 1.82) is 0 Å². The summed E-state index contributed by atoms with van der Waals surface area (Å²) in [6.45, 7) is 7.04. The van der Waals surface area contributed by atoms with E-state index < -0.39 is 0 Å². The third-order valence-corrected chi connectivity index (χ3v) is 2.76. The number of nitrogens with zero attached hydrogens (tertiary/aromatic N) is 2. The predicted molar refractivity (Wildman–Crippen MR) is 66.7 cm³/mol. The normalized spacial score (nSPS) is 11.8. The van der Waals surface area contributed by atoms with Gasteiger partial charge in [0.2, 0.25) is 5.91 Å². The minimum atomic E-state index is -0.350. The van der Waals surface area contributed by atoms with E-state index in [2.05, 4.69) is 0 Å². The van der Waals surface area contributed by atoms with E-state index in [-0.39, 0.29) is 17.9 Å². The SMILES string of the molecule is CCOC(=O)N(C)CCN(C)C(=O)C(C)CC. The topological polar surface area (TPSA) is 49.9 Å². The largest absolute Gasteiger partial charge is 0.450 e. The molecule has 0 aliphatic rings. The van der Waals surface area contributed by atoms with Crippen LogP contribution in [0.1, 0.15) is 27.2 Å². The molecule has 0 aliphatic heterocycles. The van der Waals surface area contributed by atoms with E-state index in [0.717, 1.165) is 6.42 Å². The molecule has 0 aromatic carbocycles. The molecule has 0 aromatic rings. The Morgan fingerprint density at radius 1 is 1.12 bits per heavy atom. The number of carbonyl (C=O) groups is 2. The molecule has 100 valence electrons. The lowest BCUT2D eigenvalue weighted by Crippen LogP contribution is -2.39. The van der Waals surface area contributed by atoms with Crippen molar-refractivity contribution in [3.8, 4) is 0 Å². The maximum Gasteiger partial charge on any atom is 0.409 e. The minimum Gasteiger partial charge on any atom is -0.450 e. The van der Waals surface area contributed by atoms with Crippen LogP contribution in [-0.4, -0.2) is 55.6 Å². The van der Waals surface area contributed by atoms with E-state index in [4.69, 9.17) is 4.74 Å². The van der Waals surface area contributed by atoms with Gasteiger partial charge in [-0.2, -0.15) is 0 Å². The summed E-state index contributed by atoms with van der Waals surface area (Å²) < 4.78 is 4.85. The second kappa shape index (κ2) is 7.92. The number of ether oxygens (including phenoxy) is 1. The van der Waals surface area contributed by atoms with Crippen LogP contribution in [0, 0.1) is 5.92 Å². The van der Waals surface area contributed by atoms with Crippen LogP contribution in [0.3, 0.4) is 0 Å². The minimum absolute atomic E-state index is 0.0351.